The van der Waals surface area contributed by atoms with E-state index >= 15 is 0 Å². The first-order chi connectivity index (χ1) is 10.0. The van der Waals surface area contributed by atoms with Crippen molar-refractivity contribution in [2.24, 2.45) is 5.92 Å². The Balaban J connectivity index is 0. The highest BCUT2D eigenvalue weighted by Gasteiger charge is 2.26. The van der Waals surface area contributed by atoms with Gasteiger partial charge in [-0.2, -0.15) is 0 Å². The van der Waals surface area contributed by atoms with Gasteiger partial charge in [0.05, 0.1) is 12.5 Å². The van der Waals surface area contributed by atoms with E-state index in [0.717, 1.165) is 0 Å². The smallest absolute Gasteiger partial charge is 0.444 e. The van der Waals surface area contributed by atoms with Gasteiger partial charge in [0, 0.05) is 0 Å². The number of hydrogen-bond acceptors (Lipinski definition) is 5. The minimum absolute atomic E-state index is 0.195. The minimum atomic E-state index is -1.64. The summed E-state index contributed by atoms with van der Waals surface area (Å²) >= 11 is 0. The van der Waals surface area contributed by atoms with Crippen molar-refractivity contribution in [2.45, 2.75) is 66.4 Å². The zero-order chi connectivity index (χ0) is 17.9. The summed E-state index contributed by atoms with van der Waals surface area (Å²) in [6, 6.07) is 0. The number of nitrogens with one attached hydrogen (secondary N) is 2. The third kappa shape index (κ3) is 13.7. The fourth-order valence-corrected chi connectivity index (χ4v) is 1.49. The number of rotatable bonds is 6. The topological polar surface area (TPSA) is 108 Å². The molecule has 0 aliphatic rings. The zero-order valence-electron chi connectivity index (χ0n) is 14.8. The normalized spacial score (nSPS) is 11.9. The molecule has 0 saturated carbocycles. The van der Waals surface area contributed by atoms with Crippen LogP contribution in [0.1, 0.15) is 54.9 Å². The molecular formula is C14H31BN2O5. The van der Waals surface area contributed by atoms with Crippen LogP contribution in [0.25, 0.3) is 0 Å². The van der Waals surface area contributed by atoms with Gasteiger partial charge in [-0.1, -0.05) is 27.7 Å². The molecule has 130 valence electrons. The van der Waals surface area contributed by atoms with Gasteiger partial charge < -0.3 is 25.4 Å². The number of amides is 2. The first-order valence-electron chi connectivity index (χ1n) is 7.63. The molecule has 0 heterocycles. The number of ether oxygens (including phenoxy) is 1. The predicted molar refractivity (Wildman–Crippen MR) is 87.2 cm³/mol. The molecule has 0 aliphatic heterocycles. The van der Waals surface area contributed by atoms with Crippen LogP contribution in [-0.4, -0.2) is 47.3 Å². The van der Waals surface area contributed by atoms with Crippen LogP contribution < -0.4 is 10.6 Å². The van der Waals surface area contributed by atoms with Crippen LogP contribution >= 0.6 is 0 Å². The van der Waals surface area contributed by atoms with E-state index < -0.39 is 30.7 Å². The van der Waals surface area contributed by atoms with Gasteiger partial charge in [0.1, 0.15) is 5.60 Å². The molecule has 8 heteroatoms. The van der Waals surface area contributed by atoms with Crippen LogP contribution in [0.5, 0.6) is 0 Å². The fraction of sp³-hybridized carbons (Fsp3) is 0.857. The van der Waals surface area contributed by atoms with E-state index in [1.807, 2.05) is 27.7 Å². The van der Waals surface area contributed by atoms with Gasteiger partial charge >= 0.3 is 13.2 Å². The van der Waals surface area contributed by atoms with Crippen molar-refractivity contribution in [3.8, 4) is 0 Å². The molecule has 0 aromatic heterocycles. The van der Waals surface area contributed by atoms with Crippen molar-refractivity contribution in [3.63, 3.8) is 0 Å². The second-order valence-electron chi connectivity index (χ2n) is 6.07. The summed E-state index contributed by atoms with van der Waals surface area (Å²) < 4.78 is 4.98. The molecule has 2 amide bonds. The van der Waals surface area contributed by atoms with Gasteiger partial charge in [-0.05, 0) is 33.1 Å². The standard InChI is InChI=1S/C12H25BN2O5.C2H6/c1-8(2)6-9(13(18)19)15-10(16)7-14-11(17)20-12(3,4)5;1-2/h8-9,18-19H,6-7H2,1-5H3,(H,14,17)(H,15,16);1-2H3/t9-;/m0./s1. The van der Waals surface area contributed by atoms with Crippen molar-refractivity contribution in [3.05, 3.63) is 0 Å². The van der Waals surface area contributed by atoms with Gasteiger partial charge in [-0.25, -0.2) is 4.79 Å². The van der Waals surface area contributed by atoms with Crippen LogP contribution in [0.15, 0.2) is 0 Å². The van der Waals surface area contributed by atoms with E-state index in [9.17, 15) is 9.59 Å². The molecule has 0 aliphatic carbocycles. The molecule has 4 N–H and O–H groups in total. The summed E-state index contributed by atoms with van der Waals surface area (Å²) in [6.07, 6.45) is -0.270. The van der Waals surface area contributed by atoms with Crippen molar-refractivity contribution in [1.82, 2.24) is 10.6 Å². The molecule has 0 radical (unpaired) electrons. The summed E-state index contributed by atoms with van der Waals surface area (Å²) in [6.45, 7) is 12.7. The van der Waals surface area contributed by atoms with Gasteiger partial charge in [0.2, 0.25) is 5.91 Å². The van der Waals surface area contributed by atoms with E-state index in [2.05, 4.69) is 10.6 Å². The lowest BCUT2D eigenvalue weighted by Gasteiger charge is -2.21. The lowest BCUT2D eigenvalue weighted by Crippen LogP contribution is -2.50. The largest absolute Gasteiger partial charge is 0.475 e. The third-order valence-electron chi connectivity index (χ3n) is 2.22. The van der Waals surface area contributed by atoms with Gasteiger partial charge in [0.15, 0.2) is 0 Å². The minimum Gasteiger partial charge on any atom is -0.444 e. The third-order valence-corrected chi connectivity index (χ3v) is 2.22. The van der Waals surface area contributed by atoms with E-state index in [0.29, 0.717) is 6.42 Å². The molecule has 0 aromatic carbocycles. The Bertz CT molecular complexity index is 330. The Morgan fingerprint density at radius 3 is 2.05 bits per heavy atom. The van der Waals surface area contributed by atoms with Crippen LogP contribution in [0.4, 0.5) is 4.79 Å². The second-order valence-corrected chi connectivity index (χ2v) is 6.07. The number of carbonyl (C=O) groups excluding carboxylic acids is 2. The fourth-order valence-electron chi connectivity index (χ4n) is 1.49. The highest BCUT2D eigenvalue weighted by molar-refractivity contribution is 6.43. The molecule has 7 nitrogen and oxygen atoms in total. The van der Waals surface area contributed by atoms with E-state index in [1.165, 1.54) is 0 Å². The molecule has 0 rings (SSSR count). The first-order valence-corrected chi connectivity index (χ1v) is 7.63. The number of hydrogen-bond donors (Lipinski definition) is 4. The highest BCUT2D eigenvalue weighted by Crippen LogP contribution is 2.07. The average molecular weight is 318 g/mol. The molecular weight excluding hydrogens is 287 g/mol. The Labute approximate surface area is 134 Å². The molecule has 0 spiro atoms. The lowest BCUT2D eigenvalue weighted by atomic mass is 9.75. The Morgan fingerprint density at radius 2 is 1.68 bits per heavy atom. The van der Waals surface area contributed by atoms with Crippen LogP contribution in [-0.2, 0) is 9.53 Å². The summed E-state index contributed by atoms with van der Waals surface area (Å²) in [5, 5.41) is 23.1. The van der Waals surface area contributed by atoms with E-state index in [-0.39, 0.29) is 12.5 Å². The average Bonchev–Trinajstić information content (AvgIpc) is 2.35. The number of alkyl carbamates (subject to hydrolysis) is 1. The SMILES string of the molecule is CC.CC(C)C[C@H](NC(=O)CNC(=O)OC(C)(C)C)B(O)O. The molecule has 0 fully saturated rings. The van der Waals surface area contributed by atoms with Crippen molar-refractivity contribution in [1.29, 1.82) is 0 Å². The highest BCUT2D eigenvalue weighted by atomic mass is 16.6. The van der Waals surface area contributed by atoms with Gasteiger partial charge in [-0.15, -0.1) is 0 Å². The lowest BCUT2D eigenvalue weighted by molar-refractivity contribution is -0.120. The second kappa shape index (κ2) is 11.3. The Hall–Kier alpha value is -1.28. The maximum Gasteiger partial charge on any atom is 0.475 e. The summed E-state index contributed by atoms with van der Waals surface area (Å²) in [5.41, 5.74) is -0.637. The molecule has 0 unspecified atom stereocenters. The van der Waals surface area contributed by atoms with Crippen molar-refractivity contribution < 1.29 is 24.4 Å². The van der Waals surface area contributed by atoms with Crippen molar-refractivity contribution in [2.75, 3.05) is 6.54 Å². The predicted octanol–water partition coefficient (Wildman–Crippen LogP) is 1.08. The first kappa shape index (κ1) is 23.0. The quantitative estimate of drug-likeness (QED) is 0.548. The van der Waals surface area contributed by atoms with E-state index in [4.69, 9.17) is 14.8 Å². The number of carbonyl (C=O) groups is 2. The van der Waals surface area contributed by atoms with Crippen LogP contribution in [0.3, 0.4) is 0 Å². The maximum absolute atomic E-state index is 11.6. The molecule has 1 atom stereocenters. The van der Waals surface area contributed by atoms with Crippen LogP contribution in [0.2, 0.25) is 0 Å². The summed E-state index contributed by atoms with van der Waals surface area (Å²) in [5.74, 6) is -1.07. The molecule has 0 saturated heterocycles. The maximum atomic E-state index is 11.6. The summed E-state index contributed by atoms with van der Waals surface area (Å²) in [4.78, 5) is 23.0. The zero-order valence-corrected chi connectivity index (χ0v) is 14.8. The Kier molecular flexibility index (Phi) is 11.8. The summed E-state index contributed by atoms with van der Waals surface area (Å²) in [7, 11) is -1.64. The molecule has 0 bridgehead atoms. The van der Waals surface area contributed by atoms with Gasteiger partial charge in [-0.3, -0.25) is 4.79 Å². The monoisotopic (exact) mass is 318 g/mol. The molecule has 0 aromatic rings. The van der Waals surface area contributed by atoms with E-state index in [1.54, 1.807) is 20.8 Å². The molecule has 22 heavy (non-hydrogen) atoms. The van der Waals surface area contributed by atoms with Crippen LogP contribution in [0, 0.1) is 5.92 Å². The van der Waals surface area contributed by atoms with Crippen molar-refractivity contribution >= 4 is 19.1 Å². The Morgan fingerprint density at radius 1 is 1.18 bits per heavy atom. The van der Waals surface area contributed by atoms with Gasteiger partial charge in [0.25, 0.3) is 0 Å².